The van der Waals surface area contributed by atoms with Crippen LogP contribution in [-0.2, 0) is 5.75 Å². The molecular weight excluding hydrogens is 394 g/mol. The van der Waals surface area contributed by atoms with E-state index in [1.54, 1.807) is 11.8 Å². The monoisotopic (exact) mass is 411 g/mol. The molecule has 0 atom stereocenters. The van der Waals surface area contributed by atoms with Gasteiger partial charge in [-0.15, -0.1) is 10.2 Å². The van der Waals surface area contributed by atoms with Crippen molar-refractivity contribution in [1.29, 1.82) is 0 Å². The van der Waals surface area contributed by atoms with Gasteiger partial charge in [-0.2, -0.15) is 0 Å². The van der Waals surface area contributed by atoms with Gasteiger partial charge in [0.25, 0.3) is 0 Å². The molecule has 0 aliphatic carbocycles. The van der Waals surface area contributed by atoms with Gasteiger partial charge in [-0.3, -0.25) is 4.57 Å². The molecule has 0 amide bonds. The Morgan fingerprint density at radius 2 is 1.89 bits per heavy atom. The number of benzene rings is 2. The molecule has 1 aliphatic rings. The van der Waals surface area contributed by atoms with Crippen LogP contribution in [0.3, 0.4) is 0 Å². The second kappa shape index (κ2) is 7.48. The number of rotatable bonds is 5. The van der Waals surface area contributed by atoms with Crippen molar-refractivity contribution in [2.45, 2.75) is 23.8 Å². The summed E-state index contributed by atoms with van der Waals surface area (Å²) >= 11 is 7.80. The van der Waals surface area contributed by atoms with E-state index in [4.69, 9.17) is 16.0 Å². The first-order chi connectivity index (χ1) is 13.8. The number of aromatic nitrogens is 4. The van der Waals surface area contributed by atoms with Crippen LogP contribution in [0.1, 0.15) is 18.7 Å². The summed E-state index contributed by atoms with van der Waals surface area (Å²) in [4.78, 5) is 6.83. The topological polar surface area (TPSA) is 60.0 Å². The molecule has 6 nitrogen and oxygen atoms in total. The van der Waals surface area contributed by atoms with Gasteiger partial charge >= 0.3 is 0 Å². The number of halogens is 1. The Hall–Kier alpha value is -2.51. The molecule has 2 aromatic heterocycles. The first-order valence-electron chi connectivity index (χ1n) is 9.21. The van der Waals surface area contributed by atoms with Gasteiger partial charge in [-0.05, 0) is 43.2 Å². The number of hydrogen-bond acceptors (Lipinski definition) is 6. The average Bonchev–Trinajstić information content (AvgIpc) is 3.44. The van der Waals surface area contributed by atoms with Crippen LogP contribution in [-0.4, -0.2) is 32.8 Å². The fourth-order valence-corrected chi connectivity index (χ4v) is 4.40. The molecular formula is C20H18ClN5OS. The van der Waals surface area contributed by atoms with E-state index >= 15 is 0 Å². The van der Waals surface area contributed by atoms with Gasteiger partial charge < -0.3 is 9.32 Å². The Bertz CT molecular complexity index is 1090. The van der Waals surface area contributed by atoms with Crippen molar-refractivity contribution in [2.75, 3.05) is 18.0 Å². The third kappa shape index (κ3) is 3.36. The van der Waals surface area contributed by atoms with Gasteiger partial charge in [0.2, 0.25) is 11.8 Å². The fraction of sp³-hybridized carbons (Fsp3) is 0.250. The van der Waals surface area contributed by atoms with E-state index in [9.17, 15) is 0 Å². The molecule has 8 heteroatoms. The Labute approximate surface area is 171 Å². The lowest BCUT2D eigenvalue weighted by Gasteiger charge is -2.18. The zero-order chi connectivity index (χ0) is 18.9. The first kappa shape index (κ1) is 17.6. The minimum atomic E-state index is 0.577. The number of nitrogens with zero attached hydrogens (tertiary/aromatic N) is 5. The van der Waals surface area contributed by atoms with Crippen LogP contribution in [0.25, 0.3) is 16.8 Å². The Morgan fingerprint density at radius 1 is 1.04 bits per heavy atom. The van der Waals surface area contributed by atoms with Gasteiger partial charge in [0.1, 0.15) is 5.52 Å². The number of anilines is 1. The summed E-state index contributed by atoms with van der Waals surface area (Å²) in [6, 6.07) is 15.6. The van der Waals surface area contributed by atoms with Crippen LogP contribution in [0.15, 0.2) is 58.1 Å². The predicted molar refractivity (Wildman–Crippen MR) is 111 cm³/mol. The Balaban J connectivity index is 1.48. The average molecular weight is 412 g/mol. The van der Waals surface area contributed by atoms with Crippen molar-refractivity contribution in [1.82, 2.24) is 19.7 Å². The number of hydrogen-bond donors (Lipinski definition) is 0. The molecule has 0 radical (unpaired) electrons. The minimum Gasteiger partial charge on any atom is -0.440 e. The minimum absolute atomic E-state index is 0.577. The molecule has 4 aromatic rings. The molecule has 2 aromatic carbocycles. The summed E-state index contributed by atoms with van der Waals surface area (Å²) in [5, 5.41) is 10.4. The molecule has 0 spiro atoms. The zero-order valence-electron chi connectivity index (χ0n) is 15.1. The quantitative estimate of drug-likeness (QED) is 0.433. The molecule has 0 bridgehead atoms. The summed E-state index contributed by atoms with van der Waals surface area (Å²) in [7, 11) is 0. The summed E-state index contributed by atoms with van der Waals surface area (Å²) < 4.78 is 7.91. The molecule has 0 N–H and O–H groups in total. The highest BCUT2D eigenvalue weighted by atomic mass is 35.5. The highest BCUT2D eigenvalue weighted by molar-refractivity contribution is 7.98. The lowest BCUT2D eigenvalue weighted by molar-refractivity contribution is 0.556. The second-order valence-corrected chi connectivity index (χ2v) is 8.03. The molecule has 3 heterocycles. The van der Waals surface area contributed by atoms with Gasteiger partial charge in [-0.25, -0.2) is 4.98 Å². The smallest absolute Gasteiger partial charge is 0.232 e. The van der Waals surface area contributed by atoms with E-state index < -0.39 is 0 Å². The van der Waals surface area contributed by atoms with Crippen molar-refractivity contribution in [3.05, 3.63) is 59.4 Å². The van der Waals surface area contributed by atoms with Crippen molar-refractivity contribution >= 4 is 40.4 Å². The molecule has 1 aliphatic heterocycles. The van der Waals surface area contributed by atoms with E-state index in [1.165, 1.54) is 12.8 Å². The van der Waals surface area contributed by atoms with E-state index in [-0.39, 0.29) is 0 Å². The van der Waals surface area contributed by atoms with Crippen LogP contribution in [0.4, 0.5) is 5.95 Å². The second-order valence-electron chi connectivity index (χ2n) is 6.66. The van der Waals surface area contributed by atoms with Crippen molar-refractivity contribution in [3.8, 4) is 5.69 Å². The van der Waals surface area contributed by atoms with E-state index in [1.807, 2.05) is 48.5 Å². The van der Waals surface area contributed by atoms with E-state index in [2.05, 4.69) is 24.6 Å². The standard InChI is InChI=1S/C20H18ClN5OS/c21-14-6-5-7-15(12-14)26-19(25-10-3-4-11-25)23-24-20(26)28-13-18-22-16-8-1-2-9-17(16)27-18/h1-2,5-9,12H,3-4,10-11,13H2. The summed E-state index contributed by atoms with van der Waals surface area (Å²) in [6.45, 7) is 1.99. The van der Waals surface area contributed by atoms with Crippen LogP contribution >= 0.6 is 23.4 Å². The first-order valence-corrected chi connectivity index (χ1v) is 10.6. The third-order valence-corrected chi connectivity index (χ3v) is 5.88. The molecule has 5 rings (SSSR count). The van der Waals surface area contributed by atoms with Crippen molar-refractivity contribution in [3.63, 3.8) is 0 Å². The zero-order valence-corrected chi connectivity index (χ0v) is 16.7. The number of oxazole rings is 1. The maximum Gasteiger partial charge on any atom is 0.232 e. The highest BCUT2D eigenvalue weighted by Gasteiger charge is 2.23. The largest absolute Gasteiger partial charge is 0.440 e. The van der Waals surface area contributed by atoms with Crippen molar-refractivity contribution in [2.24, 2.45) is 0 Å². The summed E-state index contributed by atoms with van der Waals surface area (Å²) in [5.74, 6) is 2.11. The fourth-order valence-electron chi connectivity index (χ4n) is 3.43. The van der Waals surface area contributed by atoms with Gasteiger partial charge in [-0.1, -0.05) is 41.6 Å². The Kier molecular flexibility index (Phi) is 4.70. The van der Waals surface area contributed by atoms with E-state index in [0.717, 1.165) is 41.0 Å². The molecule has 1 saturated heterocycles. The SMILES string of the molecule is Clc1cccc(-n2c(SCc3nc4ccccc4o3)nnc2N2CCCC2)c1. The third-order valence-electron chi connectivity index (χ3n) is 4.73. The summed E-state index contributed by atoms with van der Waals surface area (Å²) in [5.41, 5.74) is 2.62. The molecule has 142 valence electrons. The molecule has 0 unspecified atom stereocenters. The van der Waals surface area contributed by atoms with Crippen LogP contribution in [0, 0.1) is 0 Å². The maximum absolute atomic E-state index is 6.24. The normalized spacial score (nSPS) is 14.2. The molecule has 0 saturated carbocycles. The van der Waals surface area contributed by atoms with Gasteiger partial charge in [0.15, 0.2) is 10.7 Å². The predicted octanol–water partition coefficient (Wildman–Crippen LogP) is 4.95. The lowest BCUT2D eigenvalue weighted by atomic mass is 10.3. The number of fused-ring (bicyclic) bond motifs is 1. The lowest BCUT2D eigenvalue weighted by Crippen LogP contribution is -2.22. The maximum atomic E-state index is 6.24. The number of thioether (sulfide) groups is 1. The molecule has 28 heavy (non-hydrogen) atoms. The molecule has 1 fully saturated rings. The van der Waals surface area contributed by atoms with Crippen molar-refractivity contribution < 1.29 is 4.42 Å². The van der Waals surface area contributed by atoms with Gasteiger partial charge in [0, 0.05) is 18.1 Å². The van der Waals surface area contributed by atoms with Gasteiger partial charge in [0.05, 0.1) is 11.4 Å². The van der Waals surface area contributed by atoms with Crippen LogP contribution in [0.2, 0.25) is 5.02 Å². The number of para-hydroxylation sites is 2. The highest BCUT2D eigenvalue weighted by Crippen LogP contribution is 2.31. The Morgan fingerprint density at radius 3 is 2.71 bits per heavy atom. The summed E-state index contributed by atoms with van der Waals surface area (Å²) in [6.07, 6.45) is 2.35. The van der Waals surface area contributed by atoms with E-state index in [0.29, 0.717) is 16.7 Å². The van der Waals surface area contributed by atoms with Crippen LogP contribution < -0.4 is 4.90 Å². The van der Waals surface area contributed by atoms with Crippen LogP contribution in [0.5, 0.6) is 0 Å².